The molecular weight excluding hydrogens is 280 g/mol. The predicted molar refractivity (Wildman–Crippen MR) is 79.9 cm³/mol. The quantitative estimate of drug-likeness (QED) is 0.600. The number of benzene rings is 1. The minimum atomic E-state index is -3.33. The first-order valence-corrected chi connectivity index (χ1v) is 7.86. The Kier molecular flexibility index (Phi) is 4.96. The first kappa shape index (κ1) is 16.3. The van der Waals surface area contributed by atoms with E-state index < -0.39 is 21.6 Å². The molecule has 0 aliphatic heterocycles. The molecule has 7 nitrogen and oxygen atoms in total. The van der Waals surface area contributed by atoms with Crippen LogP contribution in [0.4, 0.5) is 16.2 Å². The van der Waals surface area contributed by atoms with E-state index in [1.807, 2.05) is 0 Å². The van der Waals surface area contributed by atoms with Crippen molar-refractivity contribution in [3.8, 4) is 0 Å². The molecule has 0 saturated heterocycles. The smallest absolute Gasteiger partial charge is 0.319 e. The van der Waals surface area contributed by atoms with E-state index >= 15 is 0 Å². The van der Waals surface area contributed by atoms with Crippen LogP contribution in [0.3, 0.4) is 0 Å². The van der Waals surface area contributed by atoms with Crippen molar-refractivity contribution in [2.24, 2.45) is 0 Å². The van der Waals surface area contributed by atoms with Gasteiger partial charge in [-0.15, -0.1) is 0 Å². The Hall–Kier alpha value is -1.80. The van der Waals surface area contributed by atoms with E-state index in [9.17, 15) is 13.2 Å². The molecule has 0 heterocycles. The summed E-state index contributed by atoms with van der Waals surface area (Å²) in [4.78, 5) is 11.7. The molecule has 0 radical (unpaired) electrons. The van der Waals surface area contributed by atoms with Crippen molar-refractivity contribution in [2.45, 2.75) is 19.4 Å². The van der Waals surface area contributed by atoms with Crippen LogP contribution >= 0.6 is 0 Å². The standard InChI is InChI=1S/C12H20N4O3S/c1-12(2,16-20(3,18)19)8-14-11(17)15-10-6-4-9(13)5-7-10/h4-7,16H,8,13H2,1-3H3,(H2,14,15,17). The Labute approximate surface area is 119 Å². The molecule has 2 amide bonds. The lowest BCUT2D eigenvalue weighted by Crippen LogP contribution is -2.51. The van der Waals surface area contributed by atoms with Crippen LogP contribution in [0.15, 0.2) is 24.3 Å². The van der Waals surface area contributed by atoms with Crippen LogP contribution in [-0.2, 0) is 10.0 Å². The molecule has 1 aromatic carbocycles. The van der Waals surface area contributed by atoms with Crippen molar-refractivity contribution in [1.29, 1.82) is 0 Å². The topological polar surface area (TPSA) is 113 Å². The lowest BCUT2D eigenvalue weighted by Gasteiger charge is -2.25. The molecule has 0 fully saturated rings. The van der Waals surface area contributed by atoms with E-state index in [-0.39, 0.29) is 6.54 Å². The van der Waals surface area contributed by atoms with Crippen LogP contribution in [0.2, 0.25) is 0 Å². The zero-order valence-corrected chi connectivity index (χ0v) is 12.5. The number of carbonyl (C=O) groups is 1. The van der Waals surface area contributed by atoms with Crippen molar-refractivity contribution in [2.75, 3.05) is 23.9 Å². The fourth-order valence-corrected chi connectivity index (χ4v) is 2.66. The Balaban J connectivity index is 2.49. The average Bonchev–Trinajstić information content (AvgIpc) is 2.27. The van der Waals surface area contributed by atoms with E-state index in [4.69, 9.17) is 5.73 Å². The number of rotatable bonds is 5. The van der Waals surface area contributed by atoms with Crippen molar-refractivity contribution in [1.82, 2.24) is 10.0 Å². The van der Waals surface area contributed by atoms with Crippen molar-refractivity contribution in [3.05, 3.63) is 24.3 Å². The number of sulfonamides is 1. The first-order chi connectivity index (χ1) is 9.07. The second-order valence-electron chi connectivity index (χ2n) is 5.19. The second-order valence-corrected chi connectivity index (χ2v) is 6.94. The average molecular weight is 300 g/mol. The highest BCUT2D eigenvalue weighted by molar-refractivity contribution is 7.88. The van der Waals surface area contributed by atoms with Crippen LogP contribution in [-0.4, -0.2) is 32.8 Å². The summed E-state index contributed by atoms with van der Waals surface area (Å²) < 4.78 is 24.8. The van der Waals surface area contributed by atoms with Gasteiger partial charge in [0.1, 0.15) is 0 Å². The molecule has 0 unspecified atom stereocenters. The highest BCUT2D eigenvalue weighted by Crippen LogP contribution is 2.10. The van der Waals surface area contributed by atoms with Gasteiger partial charge in [0.2, 0.25) is 10.0 Å². The van der Waals surface area contributed by atoms with Gasteiger partial charge in [-0.05, 0) is 38.1 Å². The number of amides is 2. The van der Waals surface area contributed by atoms with Gasteiger partial charge in [-0.2, -0.15) is 0 Å². The second kappa shape index (κ2) is 6.10. The van der Waals surface area contributed by atoms with E-state index in [1.54, 1.807) is 38.1 Å². The normalized spacial score (nSPS) is 11.9. The highest BCUT2D eigenvalue weighted by Gasteiger charge is 2.22. The molecule has 112 valence electrons. The number of hydrogen-bond acceptors (Lipinski definition) is 4. The summed E-state index contributed by atoms with van der Waals surface area (Å²) in [5.74, 6) is 0. The van der Waals surface area contributed by atoms with Crippen molar-refractivity contribution in [3.63, 3.8) is 0 Å². The maximum Gasteiger partial charge on any atom is 0.319 e. The van der Waals surface area contributed by atoms with Crippen LogP contribution in [0, 0.1) is 0 Å². The minimum Gasteiger partial charge on any atom is -0.399 e. The molecule has 0 atom stereocenters. The van der Waals surface area contributed by atoms with E-state index in [0.29, 0.717) is 11.4 Å². The lowest BCUT2D eigenvalue weighted by molar-refractivity contribution is 0.249. The molecule has 0 saturated carbocycles. The van der Waals surface area contributed by atoms with Gasteiger partial charge in [0, 0.05) is 23.5 Å². The summed E-state index contributed by atoms with van der Waals surface area (Å²) in [7, 11) is -3.33. The molecule has 5 N–H and O–H groups in total. The molecule has 1 rings (SSSR count). The lowest BCUT2D eigenvalue weighted by atomic mass is 10.1. The Morgan fingerprint density at radius 1 is 1.25 bits per heavy atom. The third kappa shape index (κ3) is 6.39. The predicted octanol–water partition coefficient (Wildman–Crippen LogP) is 0.718. The number of carbonyl (C=O) groups excluding carboxylic acids is 1. The number of anilines is 2. The van der Waals surface area contributed by atoms with Crippen LogP contribution < -0.4 is 21.1 Å². The van der Waals surface area contributed by atoms with Gasteiger partial charge in [-0.3, -0.25) is 0 Å². The third-order valence-corrected chi connectivity index (χ3v) is 3.24. The number of hydrogen-bond donors (Lipinski definition) is 4. The molecular formula is C12H20N4O3S. The Morgan fingerprint density at radius 3 is 2.30 bits per heavy atom. The number of urea groups is 1. The molecule has 8 heteroatoms. The van der Waals surface area contributed by atoms with Crippen molar-refractivity contribution >= 4 is 27.4 Å². The van der Waals surface area contributed by atoms with E-state index in [0.717, 1.165) is 6.26 Å². The largest absolute Gasteiger partial charge is 0.399 e. The zero-order valence-electron chi connectivity index (χ0n) is 11.7. The summed E-state index contributed by atoms with van der Waals surface area (Å²) in [5.41, 5.74) is 5.98. The van der Waals surface area contributed by atoms with Gasteiger partial charge in [0.05, 0.1) is 6.26 Å². The fourth-order valence-electron chi connectivity index (χ4n) is 1.58. The summed E-state index contributed by atoms with van der Waals surface area (Å²) in [6.07, 6.45) is 1.07. The molecule has 0 aliphatic carbocycles. The van der Waals surface area contributed by atoms with Gasteiger partial charge >= 0.3 is 6.03 Å². The van der Waals surface area contributed by atoms with Crippen molar-refractivity contribution < 1.29 is 13.2 Å². The zero-order chi connectivity index (χ0) is 15.4. The third-order valence-electron chi connectivity index (χ3n) is 2.32. The first-order valence-electron chi connectivity index (χ1n) is 5.97. The minimum absolute atomic E-state index is 0.154. The monoisotopic (exact) mass is 300 g/mol. The summed E-state index contributed by atoms with van der Waals surface area (Å²) in [6.45, 7) is 3.51. The van der Waals surface area contributed by atoms with E-state index in [2.05, 4.69) is 15.4 Å². The summed E-state index contributed by atoms with van der Waals surface area (Å²) in [6, 6.07) is 6.28. The maximum atomic E-state index is 11.7. The number of nitrogens with two attached hydrogens (primary N) is 1. The summed E-state index contributed by atoms with van der Waals surface area (Å²) >= 11 is 0. The van der Waals surface area contributed by atoms with E-state index in [1.165, 1.54) is 0 Å². The molecule has 0 spiro atoms. The Morgan fingerprint density at radius 2 is 1.80 bits per heavy atom. The molecule has 0 aliphatic rings. The van der Waals surface area contributed by atoms with Crippen LogP contribution in [0.25, 0.3) is 0 Å². The van der Waals surface area contributed by atoms with Gasteiger partial charge in [0.15, 0.2) is 0 Å². The fraction of sp³-hybridized carbons (Fsp3) is 0.417. The van der Waals surface area contributed by atoms with Gasteiger partial charge in [-0.1, -0.05) is 0 Å². The highest BCUT2D eigenvalue weighted by atomic mass is 32.2. The molecule has 20 heavy (non-hydrogen) atoms. The van der Waals surface area contributed by atoms with Gasteiger partial charge in [-0.25, -0.2) is 17.9 Å². The van der Waals surface area contributed by atoms with Crippen LogP contribution in [0.5, 0.6) is 0 Å². The molecule has 0 aromatic heterocycles. The van der Waals surface area contributed by atoms with Gasteiger partial charge < -0.3 is 16.4 Å². The van der Waals surface area contributed by atoms with Crippen LogP contribution in [0.1, 0.15) is 13.8 Å². The Bertz CT molecular complexity index is 567. The number of nitrogens with one attached hydrogen (secondary N) is 3. The molecule has 1 aromatic rings. The van der Waals surface area contributed by atoms with Gasteiger partial charge in [0.25, 0.3) is 0 Å². The number of nitrogen functional groups attached to an aromatic ring is 1. The molecule has 0 bridgehead atoms. The summed E-state index contributed by atoms with van der Waals surface area (Å²) in [5, 5.41) is 5.22. The SMILES string of the molecule is CC(C)(CNC(=O)Nc1ccc(N)cc1)NS(C)(=O)=O. The maximum absolute atomic E-state index is 11.7.